The molecule has 6 heteroatoms. The Morgan fingerprint density at radius 2 is 1.57 bits per heavy atom. The maximum Gasteiger partial charge on any atom is 0.257 e. The van der Waals surface area contributed by atoms with Crippen LogP contribution in [-0.2, 0) is 4.74 Å². The quantitative estimate of drug-likeness (QED) is 0.511. The van der Waals surface area contributed by atoms with Crippen molar-refractivity contribution in [2.45, 2.75) is 6.92 Å². The van der Waals surface area contributed by atoms with Gasteiger partial charge in [-0.1, -0.05) is 36.4 Å². The van der Waals surface area contributed by atoms with E-state index < -0.39 is 0 Å². The molecular formula is C24H24N2O4. The van der Waals surface area contributed by atoms with Crippen LogP contribution in [0.2, 0.25) is 0 Å². The van der Waals surface area contributed by atoms with Crippen molar-refractivity contribution >= 4 is 23.2 Å². The van der Waals surface area contributed by atoms with Crippen LogP contribution in [0.15, 0.2) is 78.9 Å². The van der Waals surface area contributed by atoms with Gasteiger partial charge in [0.25, 0.3) is 11.8 Å². The molecule has 0 aliphatic heterocycles. The van der Waals surface area contributed by atoms with E-state index in [-0.39, 0.29) is 11.8 Å². The molecule has 0 saturated carbocycles. The molecule has 2 amide bonds. The normalized spacial score (nSPS) is 10.3. The SMILES string of the molecule is CCOCCOc1cccc(C(=O)Nc2ccccc2C(=O)Nc2ccccc2)c1. The Hall–Kier alpha value is -3.64. The number of carbonyl (C=O) groups is 2. The predicted octanol–water partition coefficient (Wildman–Crippen LogP) is 4.61. The molecule has 0 aromatic heterocycles. The summed E-state index contributed by atoms with van der Waals surface area (Å²) in [6.07, 6.45) is 0. The second kappa shape index (κ2) is 10.8. The van der Waals surface area contributed by atoms with E-state index in [2.05, 4.69) is 10.6 Å². The van der Waals surface area contributed by atoms with Crippen LogP contribution >= 0.6 is 0 Å². The Kier molecular flexibility index (Phi) is 7.58. The van der Waals surface area contributed by atoms with Crippen molar-refractivity contribution in [1.29, 1.82) is 0 Å². The molecule has 0 unspecified atom stereocenters. The average Bonchev–Trinajstić information content (AvgIpc) is 2.78. The zero-order valence-electron chi connectivity index (χ0n) is 16.8. The van der Waals surface area contributed by atoms with Gasteiger partial charge in [-0.15, -0.1) is 0 Å². The van der Waals surface area contributed by atoms with Gasteiger partial charge in [0.2, 0.25) is 0 Å². The molecule has 3 aromatic carbocycles. The molecule has 2 N–H and O–H groups in total. The number of rotatable bonds is 9. The van der Waals surface area contributed by atoms with Crippen LogP contribution in [0, 0.1) is 0 Å². The van der Waals surface area contributed by atoms with E-state index in [1.807, 2.05) is 25.1 Å². The first-order valence-corrected chi connectivity index (χ1v) is 9.74. The summed E-state index contributed by atoms with van der Waals surface area (Å²) in [5.74, 6) is -0.0483. The third-order valence-electron chi connectivity index (χ3n) is 4.25. The third kappa shape index (κ3) is 5.93. The molecule has 154 valence electrons. The highest BCUT2D eigenvalue weighted by atomic mass is 16.5. The summed E-state index contributed by atoms with van der Waals surface area (Å²) in [5.41, 5.74) is 1.92. The molecule has 0 heterocycles. The second-order valence-corrected chi connectivity index (χ2v) is 6.39. The second-order valence-electron chi connectivity index (χ2n) is 6.39. The summed E-state index contributed by atoms with van der Waals surface area (Å²) in [5, 5.41) is 5.65. The highest BCUT2D eigenvalue weighted by Gasteiger charge is 2.14. The van der Waals surface area contributed by atoms with Crippen molar-refractivity contribution < 1.29 is 19.1 Å². The van der Waals surface area contributed by atoms with Crippen LogP contribution < -0.4 is 15.4 Å². The van der Waals surface area contributed by atoms with Crippen molar-refractivity contribution in [3.8, 4) is 5.75 Å². The highest BCUT2D eigenvalue weighted by molar-refractivity contribution is 6.12. The van der Waals surface area contributed by atoms with Gasteiger partial charge in [0, 0.05) is 17.9 Å². The van der Waals surface area contributed by atoms with Gasteiger partial charge in [0.1, 0.15) is 12.4 Å². The molecule has 0 aliphatic carbocycles. The van der Waals surface area contributed by atoms with E-state index >= 15 is 0 Å². The predicted molar refractivity (Wildman–Crippen MR) is 117 cm³/mol. The van der Waals surface area contributed by atoms with Gasteiger partial charge in [-0.3, -0.25) is 9.59 Å². The number of para-hydroxylation sites is 2. The van der Waals surface area contributed by atoms with E-state index in [0.29, 0.717) is 48.1 Å². The summed E-state index contributed by atoms with van der Waals surface area (Å²) in [4.78, 5) is 25.4. The van der Waals surface area contributed by atoms with E-state index in [4.69, 9.17) is 9.47 Å². The Labute approximate surface area is 175 Å². The standard InChI is InChI=1S/C24H24N2O4/c1-2-29-15-16-30-20-12-8-9-18(17-20)23(27)26-22-14-7-6-13-21(22)24(28)25-19-10-4-3-5-11-19/h3-14,17H,2,15-16H2,1H3,(H,25,28)(H,26,27). The van der Waals surface area contributed by atoms with Crippen LogP contribution in [0.4, 0.5) is 11.4 Å². The van der Waals surface area contributed by atoms with Gasteiger partial charge in [0.15, 0.2) is 0 Å². The molecule has 3 aromatic rings. The molecule has 0 radical (unpaired) electrons. The number of hydrogen-bond donors (Lipinski definition) is 2. The third-order valence-corrected chi connectivity index (χ3v) is 4.25. The Morgan fingerprint density at radius 1 is 0.800 bits per heavy atom. The van der Waals surface area contributed by atoms with Gasteiger partial charge in [0.05, 0.1) is 17.9 Å². The van der Waals surface area contributed by atoms with Crippen LogP contribution in [0.3, 0.4) is 0 Å². The molecule has 0 saturated heterocycles. The van der Waals surface area contributed by atoms with Gasteiger partial charge in [-0.05, 0) is 49.4 Å². The molecule has 0 bridgehead atoms. The summed E-state index contributed by atoms with van der Waals surface area (Å²) < 4.78 is 10.9. The van der Waals surface area contributed by atoms with Gasteiger partial charge >= 0.3 is 0 Å². The zero-order valence-corrected chi connectivity index (χ0v) is 16.8. The minimum atomic E-state index is -0.329. The average molecular weight is 404 g/mol. The Morgan fingerprint density at radius 3 is 2.37 bits per heavy atom. The number of nitrogens with one attached hydrogen (secondary N) is 2. The molecule has 0 aliphatic rings. The van der Waals surface area contributed by atoms with Gasteiger partial charge in [-0.25, -0.2) is 0 Å². The number of amides is 2. The summed E-state index contributed by atoms with van der Waals surface area (Å²) in [6, 6.07) is 22.9. The van der Waals surface area contributed by atoms with Crippen LogP contribution in [-0.4, -0.2) is 31.6 Å². The van der Waals surface area contributed by atoms with E-state index in [1.54, 1.807) is 60.7 Å². The first-order chi connectivity index (χ1) is 14.7. The lowest BCUT2D eigenvalue weighted by Crippen LogP contribution is -2.18. The lowest BCUT2D eigenvalue weighted by atomic mass is 10.1. The first-order valence-electron chi connectivity index (χ1n) is 9.74. The molecule has 0 spiro atoms. The van der Waals surface area contributed by atoms with Gasteiger partial charge < -0.3 is 20.1 Å². The molecule has 6 nitrogen and oxygen atoms in total. The minimum Gasteiger partial charge on any atom is -0.491 e. The van der Waals surface area contributed by atoms with Crippen molar-refractivity contribution in [1.82, 2.24) is 0 Å². The number of anilines is 2. The lowest BCUT2D eigenvalue weighted by Gasteiger charge is -2.12. The summed E-state index contributed by atoms with van der Waals surface area (Å²) in [6.45, 7) is 3.43. The number of carbonyl (C=O) groups excluding carboxylic acids is 2. The summed E-state index contributed by atoms with van der Waals surface area (Å²) in [7, 11) is 0. The zero-order chi connectivity index (χ0) is 21.2. The Balaban J connectivity index is 1.69. The summed E-state index contributed by atoms with van der Waals surface area (Å²) >= 11 is 0. The number of benzene rings is 3. The molecule has 0 atom stereocenters. The molecular weight excluding hydrogens is 380 g/mol. The van der Waals surface area contributed by atoms with Gasteiger partial charge in [-0.2, -0.15) is 0 Å². The van der Waals surface area contributed by atoms with E-state index in [0.717, 1.165) is 0 Å². The first kappa shape index (κ1) is 21.1. The number of hydrogen-bond acceptors (Lipinski definition) is 4. The maximum atomic E-state index is 12.8. The molecule has 30 heavy (non-hydrogen) atoms. The van der Waals surface area contributed by atoms with Crippen molar-refractivity contribution in [3.05, 3.63) is 90.0 Å². The van der Waals surface area contributed by atoms with Crippen molar-refractivity contribution in [2.24, 2.45) is 0 Å². The monoisotopic (exact) mass is 404 g/mol. The Bertz CT molecular complexity index is 989. The van der Waals surface area contributed by atoms with Crippen LogP contribution in [0.1, 0.15) is 27.6 Å². The van der Waals surface area contributed by atoms with Crippen LogP contribution in [0.25, 0.3) is 0 Å². The largest absolute Gasteiger partial charge is 0.491 e. The maximum absolute atomic E-state index is 12.8. The topological polar surface area (TPSA) is 76.7 Å². The van der Waals surface area contributed by atoms with Crippen molar-refractivity contribution in [2.75, 3.05) is 30.5 Å². The smallest absolute Gasteiger partial charge is 0.257 e. The fourth-order valence-corrected chi connectivity index (χ4v) is 2.79. The van der Waals surface area contributed by atoms with Crippen LogP contribution in [0.5, 0.6) is 5.75 Å². The molecule has 0 fully saturated rings. The molecule has 3 rings (SSSR count). The lowest BCUT2D eigenvalue weighted by molar-refractivity contribution is 0.102. The van der Waals surface area contributed by atoms with E-state index in [9.17, 15) is 9.59 Å². The minimum absolute atomic E-state index is 0.301. The fraction of sp³-hybridized carbons (Fsp3) is 0.167. The highest BCUT2D eigenvalue weighted by Crippen LogP contribution is 2.20. The van der Waals surface area contributed by atoms with E-state index in [1.165, 1.54) is 0 Å². The number of ether oxygens (including phenoxy) is 2. The van der Waals surface area contributed by atoms with Crippen molar-refractivity contribution in [3.63, 3.8) is 0 Å². The fourth-order valence-electron chi connectivity index (χ4n) is 2.79.